The lowest BCUT2D eigenvalue weighted by atomic mass is 9.79. The van der Waals surface area contributed by atoms with E-state index in [1.165, 1.54) is 90.5 Å². The minimum atomic E-state index is -7.58. The fourth-order valence-electron chi connectivity index (χ4n) is 8.05. The first-order valence-corrected chi connectivity index (χ1v) is 36.6. The molecule has 0 amide bonds. The summed E-state index contributed by atoms with van der Waals surface area (Å²) in [6.45, 7) is 32.9. The van der Waals surface area contributed by atoms with Crippen LogP contribution in [0.5, 0.6) is 0 Å². The van der Waals surface area contributed by atoms with Crippen LogP contribution < -0.4 is 0 Å². The van der Waals surface area contributed by atoms with Gasteiger partial charge in [-0.25, -0.2) is 4.79 Å². The van der Waals surface area contributed by atoms with Gasteiger partial charge in [-0.3, -0.25) is 28.8 Å². The maximum atomic E-state index is 13.0. The summed E-state index contributed by atoms with van der Waals surface area (Å²) in [6.07, 6.45) is -39.3. The van der Waals surface area contributed by atoms with Gasteiger partial charge in [-0.2, -0.15) is 105 Å². The second-order valence-electron chi connectivity index (χ2n) is 26.5. The van der Waals surface area contributed by atoms with Crippen LogP contribution in [0.2, 0.25) is 0 Å². The highest BCUT2D eigenvalue weighted by molar-refractivity contribution is 5.84. The van der Waals surface area contributed by atoms with Crippen molar-refractivity contribution in [1.29, 1.82) is 0 Å². The van der Waals surface area contributed by atoms with Gasteiger partial charge >= 0.3 is 114 Å². The van der Waals surface area contributed by atoms with Crippen LogP contribution in [-0.2, 0) is 66.7 Å². The first-order chi connectivity index (χ1) is 51.7. The molecule has 0 saturated carbocycles. The van der Waals surface area contributed by atoms with E-state index in [2.05, 4.69) is 71.9 Å². The molecule has 0 aliphatic heterocycles. The van der Waals surface area contributed by atoms with Crippen molar-refractivity contribution in [2.24, 2.45) is 35.5 Å². The number of aliphatic hydroxyl groups is 1. The summed E-state index contributed by atoms with van der Waals surface area (Å²) < 4.78 is 335. The van der Waals surface area contributed by atoms with Crippen molar-refractivity contribution in [2.75, 3.05) is 26.9 Å². The number of carboxylic acid groups (broad SMARTS) is 1. The number of hydrogen-bond acceptors (Lipinski definition) is 15. The quantitative estimate of drug-likeness (QED) is 0.0209. The zero-order chi connectivity index (χ0) is 91.3. The van der Waals surface area contributed by atoms with E-state index in [1.807, 2.05) is 55.4 Å². The minimum Gasteiger partial charge on any atom is -0.478 e. The molecule has 0 aromatic heterocycles. The van der Waals surface area contributed by atoms with Crippen LogP contribution in [0.3, 0.4) is 0 Å². The molecule has 40 heteroatoms. The van der Waals surface area contributed by atoms with Gasteiger partial charge in [-0.05, 0) is 76.7 Å². The highest BCUT2D eigenvalue weighted by Crippen LogP contribution is 2.62. The van der Waals surface area contributed by atoms with E-state index in [-0.39, 0.29) is 54.6 Å². The smallest absolute Gasteiger partial charge is 0.449 e. The van der Waals surface area contributed by atoms with Crippen LogP contribution in [0.15, 0.2) is 43.0 Å². The maximum Gasteiger partial charge on any atom is 0.449 e. The molecule has 7 atom stereocenters. The highest BCUT2D eigenvalue weighted by Gasteiger charge is 2.96. The second kappa shape index (κ2) is 54.5. The van der Waals surface area contributed by atoms with E-state index < -0.39 is 126 Å². The van der Waals surface area contributed by atoms with Crippen LogP contribution in [-0.4, -0.2) is 157 Å². The average molecular weight is 1720 g/mol. The number of carbonyl (C=O) groups excluding carboxylic acids is 6. The predicted molar refractivity (Wildman–Crippen MR) is 371 cm³/mol. The number of benzene rings is 1. The van der Waals surface area contributed by atoms with Crippen molar-refractivity contribution in [1.82, 2.24) is 0 Å². The van der Waals surface area contributed by atoms with Crippen LogP contribution in [0.4, 0.5) is 105 Å². The first-order valence-electron chi connectivity index (χ1n) is 36.6. The molecule has 1 aromatic carbocycles. The van der Waals surface area contributed by atoms with Crippen LogP contribution in [0.25, 0.3) is 0 Å². The lowest BCUT2D eigenvalue weighted by Crippen LogP contribution is -2.81. The third kappa shape index (κ3) is 39.2. The predicted octanol–water partition coefficient (Wildman–Crippen LogP) is 22.7. The fraction of sp³-hybridized carbons (Fsp3) is 0.797. The Bertz CT molecular complexity index is 2780. The van der Waals surface area contributed by atoms with Crippen LogP contribution in [0, 0.1) is 35.5 Å². The van der Waals surface area contributed by atoms with Gasteiger partial charge in [0.1, 0.15) is 6.61 Å². The topological polar surface area (TPSA) is 225 Å². The molecular formula is C74H114F24O16. The number of esters is 6. The van der Waals surface area contributed by atoms with E-state index in [0.29, 0.717) is 38.7 Å². The Kier molecular flexibility index (Phi) is 56.6. The van der Waals surface area contributed by atoms with Crippen LogP contribution in [0.1, 0.15) is 245 Å². The zero-order valence-electron chi connectivity index (χ0n) is 67.3. The molecular weight excluding hydrogens is 1600 g/mol. The number of ether oxygens (including phenoxy) is 7. The lowest BCUT2D eigenvalue weighted by Gasteiger charge is -2.47. The largest absolute Gasteiger partial charge is 0.478 e. The third-order valence-corrected chi connectivity index (χ3v) is 17.1. The summed E-state index contributed by atoms with van der Waals surface area (Å²) in [4.78, 5) is 77.5. The monoisotopic (exact) mass is 1710 g/mol. The lowest BCUT2D eigenvalue weighted by molar-refractivity contribution is -0.495. The van der Waals surface area contributed by atoms with Gasteiger partial charge in [0.25, 0.3) is 0 Å². The summed E-state index contributed by atoms with van der Waals surface area (Å²) >= 11 is 0. The zero-order valence-corrected chi connectivity index (χ0v) is 67.3. The molecule has 1 rings (SSSR count). The molecule has 1 aromatic rings. The number of aliphatic carboxylic acids is 1. The molecule has 0 saturated heterocycles. The summed E-state index contributed by atoms with van der Waals surface area (Å²) in [5.74, 6) is -13.2. The van der Waals surface area contributed by atoms with Gasteiger partial charge < -0.3 is 43.4 Å². The SMILES string of the molecule is C=CCC(OC(=O)C(C)CC)(C(F)(F)F)C(F)(F)F.CCC(C)C(=O)OC(C(=O)O)(C(F)(F)F)C(F)(F)F.CCC(C)C(=O)OC(C(F)(F)F)(C(F)(F)F)C(O)(C(F)(F)F)C(F)(F)F.CCC(C)C(=O)OC(C)C.CCC(C)C(=O)OCCOC.CCC(C)c1ccccc1.CCCCCCCCCCCCOC(=O)C(C)CC. The Morgan fingerprint density at radius 1 is 0.386 bits per heavy atom. The summed E-state index contributed by atoms with van der Waals surface area (Å²) in [5.41, 5.74) is -23.5. The first kappa shape index (κ1) is 118. The molecule has 674 valence electrons. The van der Waals surface area contributed by atoms with E-state index in [1.54, 1.807) is 7.11 Å². The summed E-state index contributed by atoms with van der Waals surface area (Å²) in [7, 11) is 1.58. The number of methoxy groups -OCH3 is 1. The van der Waals surface area contributed by atoms with Gasteiger partial charge in [-0.15, -0.1) is 6.58 Å². The molecule has 0 aliphatic carbocycles. The number of alkyl halides is 24. The van der Waals surface area contributed by atoms with E-state index in [4.69, 9.17) is 29.2 Å². The fourth-order valence-corrected chi connectivity index (χ4v) is 8.05. The normalized spacial score (nSPS) is 14.3. The molecule has 7 unspecified atom stereocenters. The number of unbranched alkanes of at least 4 members (excludes halogenated alkanes) is 9. The molecule has 16 nitrogen and oxygen atoms in total. The Hall–Kier alpha value is -6.51. The standard InChI is InChI=1S/C17H34O2.C11H10F12O3.C11H14F6O2.C10H14.C9H10F6O4.C8H16O3.C8H16O2/c1-4-6-7-8-9-10-11-12-13-14-15-19-17(18)16(3)5-2;1-3-4(2)5(24)26-7(10(18,19)20,11(21,22)23)6(25,8(12,13)14)9(15,16)17;1-4-6-9(10(12,13)14,11(15,16)17)19-8(18)7(3)5-2;1-3-9(2)10-7-5-4-6-8-10;1-3-4(2)5(16)19-7(6(17)18,8(10,11)12)9(13,14)15;1-4-7(2)8(9)11-6-5-10-3;1-5-7(4)8(9)10-6(2)3/h16H,4-15H2,1-3H3;4,25H,3H2,1-2H3;4,7H,1,5-6H2,2-3H3;4-9H,3H2,1-2H3;4H,3H2,1-2H3,(H,17,18);7H,4-6H2,1-3H3;6-7H,5H2,1-4H3. The molecule has 0 fully saturated rings. The van der Waals surface area contributed by atoms with Gasteiger partial charge in [0.2, 0.25) is 0 Å². The van der Waals surface area contributed by atoms with Gasteiger partial charge in [0.05, 0.1) is 54.8 Å². The number of carboxylic acids is 1. The van der Waals surface area contributed by atoms with E-state index in [0.717, 1.165) is 39.5 Å². The van der Waals surface area contributed by atoms with Crippen molar-refractivity contribution in [3.05, 3.63) is 48.6 Å². The molecule has 0 radical (unpaired) electrons. The Labute approximate surface area is 650 Å². The minimum absolute atomic E-state index is 0.00635. The molecule has 2 N–H and O–H groups in total. The average Bonchev–Trinajstić information content (AvgIpc) is 0.683. The molecule has 114 heavy (non-hydrogen) atoms. The molecule has 0 spiro atoms. The molecule has 0 heterocycles. The highest BCUT2D eigenvalue weighted by atomic mass is 19.5. The summed E-state index contributed by atoms with van der Waals surface area (Å²) in [5, 5.41) is 17.1. The van der Waals surface area contributed by atoms with E-state index in [9.17, 15) is 139 Å². The van der Waals surface area contributed by atoms with Crippen molar-refractivity contribution in [2.45, 2.75) is 317 Å². The number of halogens is 24. The number of carbonyl (C=O) groups is 7. The van der Waals surface area contributed by atoms with Crippen molar-refractivity contribution in [3.8, 4) is 0 Å². The molecule has 0 aliphatic rings. The van der Waals surface area contributed by atoms with Gasteiger partial charge in [0.15, 0.2) is 0 Å². The van der Waals surface area contributed by atoms with Crippen LogP contribution >= 0.6 is 0 Å². The van der Waals surface area contributed by atoms with Crippen molar-refractivity contribution in [3.63, 3.8) is 0 Å². The van der Waals surface area contributed by atoms with Crippen molar-refractivity contribution >= 4 is 41.8 Å². The number of hydrogen-bond donors (Lipinski definition) is 2. The van der Waals surface area contributed by atoms with Crippen molar-refractivity contribution < 1.29 is 182 Å². The Morgan fingerprint density at radius 2 is 0.702 bits per heavy atom. The Balaban J connectivity index is -0.000000306. The van der Waals surface area contributed by atoms with E-state index >= 15 is 0 Å². The van der Waals surface area contributed by atoms with Gasteiger partial charge in [0, 0.05) is 13.5 Å². The third-order valence-electron chi connectivity index (χ3n) is 17.1. The van der Waals surface area contributed by atoms with Gasteiger partial charge in [-0.1, -0.05) is 198 Å². The summed E-state index contributed by atoms with van der Waals surface area (Å²) in [6, 6.07) is 10.6. The second-order valence-corrected chi connectivity index (χ2v) is 26.5. The molecule has 0 bridgehead atoms. The number of rotatable bonds is 36. The Morgan fingerprint density at radius 3 is 0.982 bits per heavy atom. The maximum absolute atomic E-state index is 13.0.